The number of hydrogen-bond acceptors (Lipinski definition) is 4. The van der Waals surface area contributed by atoms with Crippen LogP contribution in [-0.4, -0.2) is 23.0 Å². The molecule has 2 aromatic rings. The summed E-state index contributed by atoms with van der Waals surface area (Å²) in [6.07, 6.45) is 6.86. The summed E-state index contributed by atoms with van der Waals surface area (Å²) in [5.74, 6) is 0.754. The van der Waals surface area contributed by atoms with E-state index in [0.29, 0.717) is 6.04 Å². The van der Waals surface area contributed by atoms with Gasteiger partial charge in [-0.25, -0.2) is 4.98 Å². The summed E-state index contributed by atoms with van der Waals surface area (Å²) in [4.78, 5) is 7.01. The minimum Gasteiger partial charge on any atom is -0.395 e. The fraction of sp³-hybridized carbons (Fsp3) is 0.421. The lowest BCUT2D eigenvalue weighted by Gasteiger charge is -2.35. The van der Waals surface area contributed by atoms with Gasteiger partial charge in [-0.3, -0.25) is 4.90 Å². The van der Waals surface area contributed by atoms with Crippen molar-refractivity contribution in [2.24, 2.45) is 0 Å². The van der Waals surface area contributed by atoms with E-state index in [1.54, 1.807) is 0 Å². The number of rotatable bonds is 5. The van der Waals surface area contributed by atoms with Gasteiger partial charge in [0, 0.05) is 17.9 Å². The Balaban J connectivity index is 1.85. The SMILES string of the molecule is CCC(c1ccnc(Nc2ccccc2)c1N)N1CCCCC1. The standard InChI is InChI=1S/C19H26N4/c1-2-17(23-13-7-4-8-14-23)16-11-12-21-19(18(16)20)22-15-9-5-3-6-10-15/h3,5-6,9-12,17H,2,4,7-8,13-14,20H2,1H3,(H,21,22). The van der Waals surface area contributed by atoms with Gasteiger partial charge in [0.1, 0.15) is 0 Å². The Hall–Kier alpha value is -2.07. The van der Waals surface area contributed by atoms with E-state index >= 15 is 0 Å². The molecule has 2 heterocycles. The van der Waals surface area contributed by atoms with E-state index in [1.165, 1.54) is 37.9 Å². The largest absolute Gasteiger partial charge is 0.395 e. The van der Waals surface area contributed by atoms with Crippen LogP contribution in [-0.2, 0) is 0 Å². The molecule has 0 saturated carbocycles. The van der Waals surface area contributed by atoms with E-state index in [4.69, 9.17) is 5.73 Å². The van der Waals surface area contributed by atoms with Crippen molar-refractivity contribution < 1.29 is 0 Å². The highest BCUT2D eigenvalue weighted by atomic mass is 15.2. The number of aromatic nitrogens is 1. The van der Waals surface area contributed by atoms with Crippen LogP contribution in [0.3, 0.4) is 0 Å². The van der Waals surface area contributed by atoms with Crippen molar-refractivity contribution in [3.8, 4) is 0 Å². The summed E-state index contributed by atoms with van der Waals surface area (Å²) in [5, 5.41) is 3.34. The van der Waals surface area contributed by atoms with Crippen LogP contribution >= 0.6 is 0 Å². The number of nitrogens with zero attached hydrogens (tertiary/aromatic N) is 2. The first-order valence-corrected chi connectivity index (χ1v) is 8.60. The lowest BCUT2D eigenvalue weighted by Crippen LogP contribution is -2.34. The molecule has 23 heavy (non-hydrogen) atoms. The van der Waals surface area contributed by atoms with Gasteiger partial charge in [-0.2, -0.15) is 0 Å². The van der Waals surface area contributed by atoms with Crippen LogP contribution in [0.15, 0.2) is 42.6 Å². The molecule has 1 aromatic heterocycles. The molecule has 0 bridgehead atoms. The van der Waals surface area contributed by atoms with Crippen LogP contribution in [0.4, 0.5) is 17.2 Å². The third-order valence-electron chi connectivity index (χ3n) is 4.64. The van der Waals surface area contributed by atoms with E-state index in [0.717, 1.165) is 23.6 Å². The van der Waals surface area contributed by atoms with Crippen LogP contribution in [0, 0.1) is 0 Å². The molecule has 1 aliphatic rings. The zero-order valence-electron chi connectivity index (χ0n) is 13.8. The molecule has 1 aromatic carbocycles. The number of pyridine rings is 1. The molecule has 1 saturated heterocycles. The normalized spacial score (nSPS) is 16.9. The van der Waals surface area contributed by atoms with Crippen molar-refractivity contribution in [3.05, 3.63) is 48.2 Å². The molecule has 0 radical (unpaired) electrons. The molecule has 1 aliphatic heterocycles. The number of hydrogen-bond donors (Lipinski definition) is 2. The van der Waals surface area contributed by atoms with E-state index in [-0.39, 0.29) is 0 Å². The quantitative estimate of drug-likeness (QED) is 0.862. The Bertz CT molecular complexity index is 621. The topological polar surface area (TPSA) is 54.2 Å². The van der Waals surface area contributed by atoms with Crippen molar-refractivity contribution in [1.82, 2.24) is 9.88 Å². The van der Waals surface area contributed by atoms with Crippen molar-refractivity contribution in [1.29, 1.82) is 0 Å². The molecule has 4 heteroatoms. The van der Waals surface area contributed by atoms with Crippen molar-refractivity contribution >= 4 is 17.2 Å². The van der Waals surface area contributed by atoms with Gasteiger partial charge in [0.15, 0.2) is 5.82 Å². The first-order chi connectivity index (χ1) is 11.3. The molecule has 1 unspecified atom stereocenters. The average Bonchev–Trinajstić information content (AvgIpc) is 2.61. The van der Waals surface area contributed by atoms with Crippen LogP contribution in [0.2, 0.25) is 0 Å². The fourth-order valence-electron chi connectivity index (χ4n) is 3.44. The summed E-state index contributed by atoms with van der Waals surface area (Å²) in [6.45, 7) is 4.58. The Morgan fingerprint density at radius 2 is 1.87 bits per heavy atom. The maximum Gasteiger partial charge on any atom is 0.153 e. The van der Waals surface area contributed by atoms with Crippen LogP contribution < -0.4 is 11.1 Å². The maximum atomic E-state index is 6.46. The predicted molar refractivity (Wildman–Crippen MR) is 96.8 cm³/mol. The van der Waals surface area contributed by atoms with Crippen LogP contribution in [0.5, 0.6) is 0 Å². The Labute approximate surface area is 138 Å². The minimum atomic E-state index is 0.384. The second-order valence-electron chi connectivity index (χ2n) is 6.17. The molecular weight excluding hydrogens is 284 g/mol. The number of para-hydroxylation sites is 1. The number of piperidine rings is 1. The Kier molecular flexibility index (Phi) is 5.13. The maximum absolute atomic E-state index is 6.46. The van der Waals surface area contributed by atoms with Crippen molar-refractivity contribution in [2.75, 3.05) is 24.1 Å². The second-order valence-corrected chi connectivity index (χ2v) is 6.17. The van der Waals surface area contributed by atoms with Gasteiger partial charge < -0.3 is 11.1 Å². The zero-order chi connectivity index (χ0) is 16.1. The molecular formula is C19H26N4. The number of benzene rings is 1. The van der Waals surface area contributed by atoms with Gasteiger partial charge in [-0.05, 0) is 56.1 Å². The van der Waals surface area contributed by atoms with Gasteiger partial charge >= 0.3 is 0 Å². The lowest BCUT2D eigenvalue weighted by atomic mass is 9.99. The molecule has 0 amide bonds. The van der Waals surface area contributed by atoms with Crippen LogP contribution in [0.1, 0.15) is 44.2 Å². The summed E-state index contributed by atoms with van der Waals surface area (Å²) >= 11 is 0. The average molecular weight is 310 g/mol. The molecule has 1 atom stereocenters. The monoisotopic (exact) mass is 310 g/mol. The summed E-state index contributed by atoms with van der Waals surface area (Å²) < 4.78 is 0. The van der Waals surface area contributed by atoms with E-state index in [2.05, 4.69) is 28.2 Å². The van der Waals surface area contributed by atoms with Gasteiger partial charge in [-0.15, -0.1) is 0 Å². The zero-order valence-corrected chi connectivity index (χ0v) is 13.8. The molecule has 122 valence electrons. The Morgan fingerprint density at radius 1 is 1.13 bits per heavy atom. The van der Waals surface area contributed by atoms with Gasteiger partial charge in [0.25, 0.3) is 0 Å². The molecule has 4 nitrogen and oxygen atoms in total. The Morgan fingerprint density at radius 3 is 2.57 bits per heavy atom. The van der Waals surface area contributed by atoms with Crippen LogP contribution in [0.25, 0.3) is 0 Å². The van der Waals surface area contributed by atoms with E-state index in [1.807, 2.05) is 36.5 Å². The van der Waals surface area contributed by atoms with Gasteiger partial charge in [0.05, 0.1) is 5.69 Å². The van der Waals surface area contributed by atoms with Gasteiger partial charge in [-0.1, -0.05) is 31.5 Å². The van der Waals surface area contributed by atoms with E-state index < -0.39 is 0 Å². The third kappa shape index (κ3) is 3.64. The molecule has 0 aliphatic carbocycles. The second kappa shape index (κ2) is 7.47. The first-order valence-electron chi connectivity index (χ1n) is 8.60. The highest BCUT2D eigenvalue weighted by Gasteiger charge is 2.23. The molecule has 0 spiro atoms. The van der Waals surface area contributed by atoms with Crippen molar-refractivity contribution in [2.45, 2.75) is 38.6 Å². The first kappa shape index (κ1) is 15.8. The molecule has 3 rings (SSSR count). The number of nitrogens with one attached hydrogen (secondary N) is 1. The summed E-state index contributed by atoms with van der Waals surface area (Å²) in [5.41, 5.74) is 9.44. The highest BCUT2D eigenvalue weighted by molar-refractivity contribution is 5.71. The lowest BCUT2D eigenvalue weighted by molar-refractivity contribution is 0.160. The van der Waals surface area contributed by atoms with E-state index in [9.17, 15) is 0 Å². The fourth-order valence-corrected chi connectivity index (χ4v) is 3.44. The number of nitrogens with two attached hydrogens (primary N) is 1. The summed E-state index contributed by atoms with van der Waals surface area (Å²) in [6, 6.07) is 12.5. The van der Waals surface area contributed by atoms with Gasteiger partial charge in [0.2, 0.25) is 0 Å². The number of nitrogen functional groups attached to an aromatic ring is 1. The summed E-state index contributed by atoms with van der Waals surface area (Å²) in [7, 11) is 0. The smallest absolute Gasteiger partial charge is 0.153 e. The number of likely N-dealkylation sites (tertiary alicyclic amines) is 1. The number of anilines is 3. The third-order valence-corrected chi connectivity index (χ3v) is 4.64. The highest BCUT2D eigenvalue weighted by Crippen LogP contribution is 2.34. The minimum absolute atomic E-state index is 0.384. The van der Waals surface area contributed by atoms with Crippen molar-refractivity contribution in [3.63, 3.8) is 0 Å². The predicted octanol–water partition coefficient (Wildman–Crippen LogP) is 4.34. The molecule has 3 N–H and O–H groups in total. The molecule has 1 fully saturated rings.